The molecule has 0 bridgehead atoms. The van der Waals surface area contributed by atoms with E-state index >= 15 is 0 Å². The first-order chi connectivity index (χ1) is 11.7. The molecule has 0 unspecified atom stereocenters. The predicted molar refractivity (Wildman–Crippen MR) is 87.7 cm³/mol. The normalized spacial score (nSPS) is 10.2. The number of nitriles is 1. The van der Waals surface area contributed by atoms with Gasteiger partial charge in [-0.15, -0.1) is 0 Å². The molecule has 0 aliphatic rings. The first-order valence-electron chi connectivity index (χ1n) is 7.36. The summed E-state index contributed by atoms with van der Waals surface area (Å²) in [5, 5.41) is 9.06. The van der Waals surface area contributed by atoms with Gasteiger partial charge in [0.1, 0.15) is 29.9 Å². The highest BCUT2D eigenvalue weighted by Crippen LogP contribution is 2.30. The molecule has 0 saturated heterocycles. The van der Waals surface area contributed by atoms with E-state index in [0.717, 1.165) is 16.8 Å². The van der Waals surface area contributed by atoms with Gasteiger partial charge in [0.25, 0.3) is 0 Å². The smallest absolute Gasteiger partial charge is 0.146 e. The van der Waals surface area contributed by atoms with Crippen LogP contribution in [-0.2, 0) is 6.61 Å². The zero-order valence-electron chi connectivity index (χ0n) is 13.0. The lowest BCUT2D eigenvalue weighted by atomic mass is 10.1. The molecule has 4 nitrogen and oxygen atoms in total. The highest BCUT2D eigenvalue weighted by molar-refractivity contribution is 5.70. The van der Waals surface area contributed by atoms with Crippen molar-refractivity contribution in [3.63, 3.8) is 0 Å². The Labute approximate surface area is 139 Å². The van der Waals surface area contributed by atoms with E-state index in [-0.39, 0.29) is 11.5 Å². The second-order valence-electron chi connectivity index (χ2n) is 5.28. The number of aryl methyl sites for hydroxylation is 1. The van der Waals surface area contributed by atoms with Gasteiger partial charge in [-0.1, -0.05) is 18.2 Å². The Balaban J connectivity index is 1.90. The van der Waals surface area contributed by atoms with Crippen molar-refractivity contribution in [3.8, 4) is 22.9 Å². The van der Waals surface area contributed by atoms with Crippen LogP contribution in [0, 0.1) is 24.1 Å². The van der Waals surface area contributed by atoms with Crippen molar-refractivity contribution in [2.75, 3.05) is 0 Å². The summed E-state index contributed by atoms with van der Waals surface area (Å²) in [4.78, 5) is 8.28. The van der Waals surface area contributed by atoms with Crippen molar-refractivity contribution < 1.29 is 9.13 Å². The fourth-order valence-electron chi connectivity index (χ4n) is 2.22. The van der Waals surface area contributed by atoms with Gasteiger partial charge in [-0.05, 0) is 36.8 Å². The van der Waals surface area contributed by atoms with Crippen molar-refractivity contribution >= 4 is 0 Å². The average molecular weight is 319 g/mol. The van der Waals surface area contributed by atoms with Crippen LogP contribution in [-0.4, -0.2) is 9.97 Å². The standard InChI is InChI=1S/C19H14FN3O/c1-13-2-3-14(10-22-13)12-24-19-11-23-17(9-21)8-18(19)15-4-6-16(20)7-5-15/h2-8,10-11H,12H2,1H3. The lowest BCUT2D eigenvalue weighted by Crippen LogP contribution is -1.99. The molecule has 0 spiro atoms. The maximum Gasteiger partial charge on any atom is 0.146 e. The van der Waals surface area contributed by atoms with Crippen LogP contribution in [0.4, 0.5) is 4.39 Å². The van der Waals surface area contributed by atoms with E-state index in [9.17, 15) is 4.39 Å². The SMILES string of the molecule is Cc1ccc(COc2cnc(C#N)cc2-c2ccc(F)cc2)cn1. The Hall–Kier alpha value is -3.26. The maximum atomic E-state index is 13.1. The molecule has 118 valence electrons. The largest absolute Gasteiger partial charge is 0.487 e. The number of ether oxygens (including phenoxy) is 1. The summed E-state index contributed by atoms with van der Waals surface area (Å²) >= 11 is 0. The van der Waals surface area contributed by atoms with Gasteiger partial charge in [-0.25, -0.2) is 9.37 Å². The summed E-state index contributed by atoms with van der Waals surface area (Å²) < 4.78 is 19.0. The molecular weight excluding hydrogens is 305 g/mol. The van der Waals surface area contributed by atoms with E-state index in [1.165, 1.54) is 18.3 Å². The molecule has 0 saturated carbocycles. The average Bonchev–Trinajstić information content (AvgIpc) is 2.62. The monoisotopic (exact) mass is 319 g/mol. The quantitative estimate of drug-likeness (QED) is 0.728. The van der Waals surface area contributed by atoms with E-state index in [1.54, 1.807) is 24.4 Å². The van der Waals surface area contributed by atoms with Gasteiger partial charge in [-0.3, -0.25) is 4.98 Å². The molecule has 3 rings (SSSR count). The highest BCUT2D eigenvalue weighted by Gasteiger charge is 2.10. The van der Waals surface area contributed by atoms with Crippen LogP contribution >= 0.6 is 0 Å². The maximum absolute atomic E-state index is 13.1. The van der Waals surface area contributed by atoms with Crippen molar-refractivity contribution in [2.24, 2.45) is 0 Å². The predicted octanol–water partition coefficient (Wildman–Crippen LogP) is 4.04. The second-order valence-corrected chi connectivity index (χ2v) is 5.28. The summed E-state index contributed by atoms with van der Waals surface area (Å²) in [5.74, 6) is 0.211. The summed E-state index contributed by atoms with van der Waals surface area (Å²) in [6, 6.07) is 13.5. The lowest BCUT2D eigenvalue weighted by Gasteiger charge is -2.12. The van der Waals surface area contributed by atoms with Gasteiger partial charge in [0.2, 0.25) is 0 Å². The molecule has 0 aliphatic heterocycles. The molecule has 0 N–H and O–H groups in total. The third-order valence-electron chi connectivity index (χ3n) is 3.50. The third-order valence-corrected chi connectivity index (χ3v) is 3.50. The zero-order valence-corrected chi connectivity index (χ0v) is 13.0. The first-order valence-corrected chi connectivity index (χ1v) is 7.36. The molecule has 0 atom stereocenters. The number of benzene rings is 1. The van der Waals surface area contributed by atoms with Crippen molar-refractivity contribution in [2.45, 2.75) is 13.5 Å². The Morgan fingerprint density at radius 3 is 2.54 bits per heavy atom. The van der Waals surface area contributed by atoms with Gasteiger partial charge in [0.05, 0.1) is 6.20 Å². The summed E-state index contributed by atoms with van der Waals surface area (Å²) in [6.07, 6.45) is 3.27. The van der Waals surface area contributed by atoms with E-state index < -0.39 is 0 Å². The van der Waals surface area contributed by atoms with E-state index in [4.69, 9.17) is 10.00 Å². The summed E-state index contributed by atoms with van der Waals surface area (Å²) in [6.45, 7) is 2.25. The van der Waals surface area contributed by atoms with E-state index in [2.05, 4.69) is 9.97 Å². The van der Waals surface area contributed by atoms with E-state index in [1.807, 2.05) is 25.1 Å². The molecule has 0 radical (unpaired) electrons. The van der Waals surface area contributed by atoms with Crippen LogP contribution < -0.4 is 4.74 Å². The first kappa shape index (κ1) is 15.6. The molecule has 0 fully saturated rings. The zero-order chi connectivity index (χ0) is 16.9. The Kier molecular flexibility index (Phi) is 4.48. The number of pyridine rings is 2. The minimum Gasteiger partial charge on any atom is -0.487 e. The van der Waals surface area contributed by atoms with Crippen LogP contribution in [0.3, 0.4) is 0 Å². The van der Waals surface area contributed by atoms with Crippen LogP contribution in [0.2, 0.25) is 0 Å². The minimum atomic E-state index is -0.318. The van der Waals surface area contributed by atoms with Gasteiger partial charge in [0.15, 0.2) is 0 Å². The molecule has 0 aliphatic carbocycles. The van der Waals surface area contributed by atoms with Gasteiger partial charge >= 0.3 is 0 Å². The van der Waals surface area contributed by atoms with Gasteiger partial charge in [-0.2, -0.15) is 5.26 Å². The molecule has 3 aromatic rings. The molecule has 1 aromatic carbocycles. The molecule has 5 heteroatoms. The van der Waals surface area contributed by atoms with Gasteiger partial charge in [0, 0.05) is 23.0 Å². The van der Waals surface area contributed by atoms with Crippen LogP contribution in [0.25, 0.3) is 11.1 Å². The molecule has 2 heterocycles. The molecule has 0 amide bonds. The van der Waals surface area contributed by atoms with Gasteiger partial charge < -0.3 is 4.74 Å². The number of aromatic nitrogens is 2. The Morgan fingerprint density at radius 1 is 1.08 bits per heavy atom. The third kappa shape index (κ3) is 3.55. The van der Waals surface area contributed by atoms with Crippen LogP contribution in [0.5, 0.6) is 5.75 Å². The molecule has 24 heavy (non-hydrogen) atoms. The summed E-state index contributed by atoms with van der Waals surface area (Å²) in [7, 11) is 0. The van der Waals surface area contributed by atoms with E-state index in [0.29, 0.717) is 17.9 Å². The Bertz CT molecular complexity index is 884. The number of nitrogens with zero attached hydrogens (tertiary/aromatic N) is 3. The molecular formula is C19H14FN3O. The number of halogens is 1. The lowest BCUT2D eigenvalue weighted by molar-refractivity contribution is 0.306. The molecule has 2 aromatic heterocycles. The minimum absolute atomic E-state index is 0.277. The van der Waals surface area contributed by atoms with Crippen molar-refractivity contribution in [3.05, 3.63) is 77.6 Å². The van der Waals surface area contributed by atoms with Crippen molar-refractivity contribution in [1.29, 1.82) is 5.26 Å². The highest BCUT2D eigenvalue weighted by atomic mass is 19.1. The fraction of sp³-hybridized carbons (Fsp3) is 0.105. The topological polar surface area (TPSA) is 58.8 Å². The second kappa shape index (κ2) is 6.88. The number of hydrogen-bond donors (Lipinski definition) is 0. The number of rotatable bonds is 4. The van der Waals surface area contributed by atoms with Crippen LogP contribution in [0.15, 0.2) is 54.9 Å². The Morgan fingerprint density at radius 2 is 1.88 bits per heavy atom. The van der Waals surface area contributed by atoms with Crippen molar-refractivity contribution in [1.82, 2.24) is 9.97 Å². The summed E-state index contributed by atoms with van der Waals surface area (Å²) in [5.41, 5.74) is 3.59. The number of hydrogen-bond acceptors (Lipinski definition) is 4. The van der Waals surface area contributed by atoms with Crippen LogP contribution in [0.1, 0.15) is 17.0 Å². The fourth-order valence-corrected chi connectivity index (χ4v) is 2.22.